The number of thioether (sulfide) groups is 1. The summed E-state index contributed by atoms with van der Waals surface area (Å²) in [7, 11) is 1.71. The van der Waals surface area contributed by atoms with E-state index in [1.165, 1.54) is 6.07 Å². The van der Waals surface area contributed by atoms with Gasteiger partial charge in [0.15, 0.2) is 5.03 Å². The molecule has 0 radical (unpaired) electrons. The van der Waals surface area contributed by atoms with Crippen LogP contribution in [0.15, 0.2) is 58.4 Å². The number of rotatable bonds is 7. The molecule has 4 rings (SSSR count). The van der Waals surface area contributed by atoms with E-state index in [0.717, 1.165) is 55.5 Å². The maximum Gasteiger partial charge on any atom is 0.283 e. The number of carbonyl (C=O) groups excluding carboxylic acids is 1. The van der Waals surface area contributed by atoms with Crippen molar-refractivity contribution in [3.05, 3.63) is 64.7 Å². The molecule has 1 aromatic heterocycles. The van der Waals surface area contributed by atoms with Crippen molar-refractivity contribution in [3.63, 3.8) is 0 Å². The molecule has 3 aromatic rings. The van der Waals surface area contributed by atoms with E-state index < -0.39 is 0 Å². The Morgan fingerprint density at radius 2 is 1.81 bits per heavy atom. The van der Waals surface area contributed by atoms with Crippen molar-refractivity contribution in [2.24, 2.45) is 7.05 Å². The van der Waals surface area contributed by atoms with Gasteiger partial charge in [-0.3, -0.25) is 14.5 Å². The summed E-state index contributed by atoms with van der Waals surface area (Å²) in [6, 6.07) is 14.3. The number of nitrogens with zero attached hydrogens (tertiary/aromatic N) is 4. The number of nitrogens with one attached hydrogen (secondary N) is 1. The van der Waals surface area contributed by atoms with Gasteiger partial charge >= 0.3 is 0 Å². The summed E-state index contributed by atoms with van der Waals surface area (Å²) in [4.78, 5) is 33.5. The lowest BCUT2D eigenvalue weighted by molar-refractivity contribution is -0.118. The molecule has 1 amide bonds. The van der Waals surface area contributed by atoms with E-state index in [1.807, 2.05) is 30.3 Å². The minimum atomic E-state index is -0.200. The van der Waals surface area contributed by atoms with E-state index in [1.54, 1.807) is 23.7 Å². The number of hydrogen-bond acceptors (Lipinski definition) is 6. The quantitative estimate of drug-likeness (QED) is 0.551. The van der Waals surface area contributed by atoms with Crippen molar-refractivity contribution >= 4 is 34.4 Å². The molecule has 1 saturated heterocycles. The van der Waals surface area contributed by atoms with Gasteiger partial charge in [0, 0.05) is 46.3 Å². The van der Waals surface area contributed by atoms with Crippen molar-refractivity contribution in [2.45, 2.75) is 5.03 Å². The second kappa shape index (κ2) is 10.1. The largest absolute Gasteiger partial charge is 0.367 e. The Balaban J connectivity index is 1.21. The van der Waals surface area contributed by atoms with Crippen LogP contribution in [0.2, 0.25) is 0 Å². The van der Waals surface area contributed by atoms with Crippen LogP contribution in [0.5, 0.6) is 0 Å². The van der Waals surface area contributed by atoms with Crippen LogP contribution in [-0.2, 0) is 11.8 Å². The van der Waals surface area contributed by atoms with Gasteiger partial charge in [0.1, 0.15) is 5.82 Å². The fraction of sp³-hybridized carbons (Fsp3) is 0.348. The minimum Gasteiger partial charge on any atom is -0.367 e. The van der Waals surface area contributed by atoms with Crippen LogP contribution >= 0.6 is 11.8 Å². The average molecular weight is 456 g/mol. The number of para-hydroxylation sites is 3. The highest BCUT2D eigenvalue weighted by atomic mass is 32.2. The van der Waals surface area contributed by atoms with Crippen LogP contribution in [0, 0.1) is 5.82 Å². The Morgan fingerprint density at radius 3 is 2.59 bits per heavy atom. The number of benzene rings is 2. The summed E-state index contributed by atoms with van der Waals surface area (Å²) < 4.78 is 15.5. The molecule has 1 aliphatic rings. The topological polar surface area (TPSA) is 70.5 Å². The van der Waals surface area contributed by atoms with Crippen LogP contribution in [0.1, 0.15) is 0 Å². The summed E-state index contributed by atoms with van der Waals surface area (Å²) in [5, 5.41) is 3.24. The lowest BCUT2D eigenvalue weighted by Crippen LogP contribution is -2.48. The number of piperazine rings is 1. The van der Waals surface area contributed by atoms with Gasteiger partial charge in [-0.2, -0.15) is 0 Å². The molecular formula is C23H26FN5O2S. The summed E-state index contributed by atoms with van der Waals surface area (Å²) in [6.07, 6.45) is 0. The average Bonchev–Trinajstić information content (AvgIpc) is 2.81. The van der Waals surface area contributed by atoms with Crippen LogP contribution in [0.25, 0.3) is 11.0 Å². The Bertz CT molecular complexity index is 1160. The molecular weight excluding hydrogens is 429 g/mol. The van der Waals surface area contributed by atoms with Gasteiger partial charge < -0.3 is 14.8 Å². The Hall–Kier alpha value is -2.91. The standard InChI is InChI=1S/C23H26FN5O2S/c1-27-20-9-5-3-7-18(20)26-22(23(27)31)32-16-21(30)25-10-11-28-12-14-29(15-13-28)19-8-4-2-6-17(19)24/h2-9H,10-16H2,1H3,(H,25,30). The maximum atomic E-state index is 14.0. The third kappa shape index (κ3) is 5.11. The molecule has 0 atom stereocenters. The first-order valence-corrected chi connectivity index (χ1v) is 11.6. The van der Waals surface area contributed by atoms with Crippen molar-refractivity contribution in [3.8, 4) is 0 Å². The summed E-state index contributed by atoms with van der Waals surface area (Å²) in [5.41, 5.74) is 1.94. The Kier molecular flexibility index (Phi) is 7.06. The second-order valence-corrected chi connectivity index (χ2v) is 8.65. The number of amides is 1. The van der Waals surface area contributed by atoms with Crippen LogP contribution in [0.4, 0.5) is 10.1 Å². The zero-order chi connectivity index (χ0) is 22.5. The molecule has 168 valence electrons. The number of fused-ring (bicyclic) bond motifs is 1. The van der Waals surface area contributed by atoms with Crippen LogP contribution < -0.4 is 15.8 Å². The molecule has 32 heavy (non-hydrogen) atoms. The lowest BCUT2D eigenvalue weighted by Gasteiger charge is -2.36. The highest BCUT2D eigenvalue weighted by molar-refractivity contribution is 7.99. The second-order valence-electron chi connectivity index (χ2n) is 7.69. The maximum absolute atomic E-state index is 14.0. The smallest absolute Gasteiger partial charge is 0.283 e. The van der Waals surface area contributed by atoms with E-state index in [-0.39, 0.29) is 23.0 Å². The van der Waals surface area contributed by atoms with Gasteiger partial charge in [0.2, 0.25) is 5.91 Å². The van der Waals surface area contributed by atoms with Crippen molar-refractivity contribution in [1.29, 1.82) is 0 Å². The number of aromatic nitrogens is 2. The highest BCUT2D eigenvalue weighted by Gasteiger charge is 2.19. The molecule has 7 nitrogen and oxygen atoms in total. The molecule has 0 spiro atoms. The van der Waals surface area contributed by atoms with E-state index in [4.69, 9.17) is 0 Å². The predicted octanol–water partition coefficient (Wildman–Crippen LogP) is 2.10. The van der Waals surface area contributed by atoms with Crippen molar-refractivity contribution in [2.75, 3.05) is 49.9 Å². The molecule has 1 aliphatic heterocycles. The molecule has 0 bridgehead atoms. The normalized spacial score (nSPS) is 14.6. The molecule has 2 aromatic carbocycles. The molecule has 9 heteroatoms. The Morgan fingerprint density at radius 1 is 1.09 bits per heavy atom. The molecule has 0 unspecified atom stereocenters. The zero-order valence-electron chi connectivity index (χ0n) is 18.0. The summed E-state index contributed by atoms with van der Waals surface area (Å²) >= 11 is 1.16. The van der Waals surface area contributed by atoms with E-state index in [9.17, 15) is 14.0 Å². The number of hydrogen-bond donors (Lipinski definition) is 1. The molecule has 2 heterocycles. The summed E-state index contributed by atoms with van der Waals surface area (Å²) in [5.74, 6) is -0.180. The minimum absolute atomic E-state index is 0.128. The molecule has 1 N–H and O–H groups in total. The SMILES string of the molecule is Cn1c(=O)c(SCC(=O)NCCN2CCN(c3ccccc3F)CC2)nc2ccccc21. The first-order valence-electron chi connectivity index (χ1n) is 10.6. The third-order valence-electron chi connectivity index (χ3n) is 5.61. The van der Waals surface area contributed by atoms with Gasteiger partial charge in [0.05, 0.1) is 22.5 Å². The van der Waals surface area contributed by atoms with Gasteiger partial charge in [-0.1, -0.05) is 36.0 Å². The fourth-order valence-corrected chi connectivity index (χ4v) is 4.60. The highest BCUT2D eigenvalue weighted by Crippen LogP contribution is 2.20. The van der Waals surface area contributed by atoms with E-state index >= 15 is 0 Å². The first-order chi connectivity index (χ1) is 15.5. The molecule has 1 fully saturated rings. The van der Waals surface area contributed by atoms with Crippen molar-refractivity contribution in [1.82, 2.24) is 19.8 Å². The van der Waals surface area contributed by atoms with Crippen LogP contribution in [-0.4, -0.2) is 65.4 Å². The van der Waals surface area contributed by atoms with Crippen LogP contribution in [0.3, 0.4) is 0 Å². The van der Waals surface area contributed by atoms with E-state index in [0.29, 0.717) is 17.3 Å². The Labute approximate surface area is 190 Å². The van der Waals surface area contributed by atoms with Gasteiger partial charge in [-0.25, -0.2) is 9.37 Å². The van der Waals surface area contributed by atoms with Gasteiger partial charge in [0.25, 0.3) is 5.56 Å². The summed E-state index contributed by atoms with van der Waals surface area (Å²) in [6.45, 7) is 4.40. The predicted molar refractivity (Wildman–Crippen MR) is 126 cm³/mol. The van der Waals surface area contributed by atoms with Crippen molar-refractivity contribution < 1.29 is 9.18 Å². The number of anilines is 1. The third-order valence-corrected chi connectivity index (χ3v) is 6.55. The molecule has 0 aliphatic carbocycles. The first kappa shape index (κ1) is 22.3. The monoisotopic (exact) mass is 455 g/mol. The zero-order valence-corrected chi connectivity index (χ0v) is 18.8. The van der Waals surface area contributed by atoms with Gasteiger partial charge in [-0.15, -0.1) is 0 Å². The fourth-order valence-electron chi connectivity index (χ4n) is 3.81. The van der Waals surface area contributed by atoms with E-state index in [2.05, 4.69) is 20.1 Å². The number of carbonyl (C=O) groups is 1. The lowest BCUT2D eigenvalue weighted by atomic mass is 10.2. The molecule has 0 saturated carbocycles. The van der Waals surface area contributed by atoms with Gasteiger partial charge in [-0.05, 0) is 24.3 Å². The number of halogens is 1. The number of aryl methyl sites for hydroxylation is 1.